The number of carbonyl (C=O) groups is 1. The average molecular weight is 434 g/mol. The molecule has 0 saturated carbocycles. The van der Waals surface area contributed by atoms with Crippen LogP contribution < -0.4 is 5.32 Å². The highest BCUT2D eigenvalue weighted by molar-refractivity contribution is 7.92. The molecular weight excluding hydrogens is 413 g/mol. The summed E-state index contributed by atoms with van der Waals surface area (Å²) in [5, 5.41) is 9.54. The lowest BCUT2D eigenvalue weighted by molar-refractivity contribution is 0.116. The Balaban J connectivity index is 1.73. The molecule has 2 aromatic heterocycles. The third-order valence-corrected chi connectivity index (χ3v) is 7.38. The van der Waals surface area contributed by atoms with Gasteiger partial charge in [0.15, 0.2) is 0 Å². The summed E-state index contributed by atoms with van der Waals surface area (Å²) < 4.78 is 68.5. The largest absolute Gasteiger partial charge is 0.324 e. The number of anilines is 1. The van der Waals surface area contributed by atoms with Gasteiger partial charge in [-0.2, -0.15) is 10.2 Å². The Kier molecular flexibility index (Phi) is 5.61. The summed E-state index contributed by atoms with van der Waals surface area (Å²) in [7, 11) is -3.45. The van der Waals surface area contributed by atoms with Crippen LogP contribution in [0.4, 0.5) is 23.8 Å². The minimum Gasteiger partial charge on any atom is -0.324 e. The number of rotatable bonds is 5. The highest BCUT2D eigenvalue weighted by Gasteiger charge is 2.50. The number of sulfone groups is 1. The Morgan fingerprint density at radius 1 is 1.38 bits per heavy atom. The standard InChI is InChI=1S/C16H21F3N6O3S/c1-16(19,29(27,28)11-9-24(2)23-13(11)14(17)18)10-4-7-25(8-5-10)15(26)21-12-3-6-20-22-12/h3,6,9-10,14H,4-5,7-8H2,1-2H3,(H2,20,21,22,26)/t16-/m1/s1. The van der Waals surface area contributed by atoms with Crippen LogP contribution in [0.25, 0.3) is 0 Å². The predicted octanol–water partition coefficient (Wildman–Crippen LogP) is 2.48. The van der Waals surface area contributed by atoms with Crippen molar-refractivity contribution in [2.24, 2.45) is 13.0 Å². The highest BCUT2D eigenvalue weighted by atomic mass is 32.2. The van der Waals surface area contributed by atoms with Crippen molar-refractivity contribution >= 4 is 21.7 Å². The second-order valence-electron chi connectivity index (χ2n) is 7.00. The molecule has 1 aliphatic rings. The van der Waals surface area contributed by atoms with Crippen molar-refractivity contribution in [3.05, 3.63) is 24.2 Å². The van der Waals surface area contributed by atoms with E-state index in [0.717, 1.165) is 17.8 Å². The smallest absolute Gasteiger partial charge is 0.322 e. The van der Waals surface area contributed by atoms with Gasteiger partial charge in [0.25, 0.3) is 6.43 Å². The number of urea groups is 1. The molecule has 0 bridgehead atoms. The lowest BCUT2D eigenvalue weighted by Crippen LogP contribution is -2.48. The van der Waals surface area contributed by atoms with Gasteiger partial charge in [-0.3, -0.25) is 15.1 Å². The number of carbonyl (C=O) groups excluding carboxylic acids is 1. The van der Waals surface area contributed by atoms with Gasteiger partial charge in [0.05, 0.1) is 6.20 Å². The van der Waals surface area contributed by atoms with Crippen LogP contribution in [0.2, 0.25) is 0 Å². The van der Waals surface area contributed by atoms with Crippen molar-refractivity contribution in [1.82, 2.24) is 24.9 Å². The molecule has 3 rings (SSSR count). The summed E-state index contributed by atoms with van der Waals surface area (Å²) in [6.07, 6.45) is -0.667. The Hall–Kier alpha value is -2.57. The number of aryl methyl sites for hydroxylation is 1. The quantitative estimate of drug-likeness (QED) is 0.751. The average Bonchev–Trinajstić information content (AvgIpc) is 3.31. The van der Waals surface area contributed by atoms with Crippen LogP contribution in [-0.4, -0.2) is 57.4 Å². The summed E-state index contributed by atoms with van der Waals surface area (Å²) in [5.74, 6) is -0.569. The maximum atomic E-state index is 15.5. The Bertz CT molecular complexity index is 966. The normalized spacial score (nSPS) is 18.1. The number of aromatic nitrogens is 4. The maximum Gasteiger partial charge on any atom is 0.322 e. The third kappa shape index (κ3) is 3.95. The fourth-order valence-electron chi connectivity index (χ4n) is 3.39. The summed E-state index contributed by atoms with van der Waals surface area (Å²) in [5.41, 5.74) is -0.965. The third-order valence-electron chi connectivity index (χ3n) is 5.10. The molecule has 0 spiro atoms. The minimum atomic E-state index is -4.73. The van der Waals surface area contributed by atoms with Gasteiger partial charge in [0, 0.05) is 38.3 Å². The number of nitrogens with zero attached hydrogens (tertiary/aromatic N) is 4. The van der Waals surface area contributed by atoms with Gasteiger partial charge >= 0.3 is 6.03 Å². The molecule has 1 atom stereocenters. The minimum absolute atomic E-state index is 0.0624. The van der Waals surface area contributed by atoms with E-state index in [1.165, 1.54) is 18.1 Å². The summed E-state index contributed by atoms with van der Waals surface area (Å²) in [6.45, 7) is 1.12. The van der Waals surface area contributed by atoms with Crippen molar-refractivity contribution in [1.29, 1.82) is 0 Å². The number of aromatic amines is 1. The first-order valence-electron chi connectivity index (χ1n) is 8.84. The van der Waals surface area contributed by atoms with E-state index in [1.54, 1.807) is 6.07 Å². The van der Waals surface area contributed by atoms with Crippen LogP contribution in [-0.2, 0) is 16.9 Å². The molecule has 0 radical (unpaired) electrons. The molecule has 1 fully saturated rings. The zero-order valence-electron chi connectivity index (χ0n) is 15.8. The molecule has 3 heterocycles. The van der Waals surface area contributed by atoms with Crippen LogP contribution in [0.1, 0.15) is 31.9 Å². The molecular formula is C16H21F3N6O3S. The number of halogens is 3. The number of nitrogens with one attached hydrogen (secondary N) is 2. The molecule has 2 N–H and O–H groups in total. The zero-order chi connectivity index (χ0) is 21.4. The second kappa shape index (κ2) is 7.69. The number of piperidine rings is 1. The van der Waals surface area contributed by atoms with E-state index in [2.05, 4.69) is 20.6 Å². The van der Waals surface area contributed by atoms with Crippen molar-refractivity contribution in [3.8, 4) is 0 Å². The van der Waals surface area contributed by atoms with E-state index in [9.17, 15) is 22.0 Å². The van der Waals surface area contributed by atoms with E-state index < -0.39 is 43.8 Å². The van der Waals surface area contributed by atoms with Crippen LogP contribution in [0.3, 0.4) is 0 Å². The molecule has 1 saturated heterocycles. The Morgan fingerprint density at radius 3 is 2.59 bits per heavy atom. The van der Waals surface area contributed by atoms with Crippen molar-refractivity contribution in [2.75, 3.05) is 18.4 Å². The second-order valence-corrected chi connectivity index (χ2v) is 9.25. The van der Waals surface area contributed by atoms with Gasteiger partial charge in [-0.25, -0.2) is 26.4 Å². The first-order chi connectivity index (χ1) is 13.5. The topological polar surface area (TPSA) is 113 Å². The molecule has 29 heavy (non-hydrogen) atoms. The van der Waals surface area contributed by atoms with Gasteiger partial charge in [-0.05, 0) is 19.8 Å². The molecule has 2 amide bonds. The summed E-state index contributed by atoms with van der Waals surface area (Å²) in [6, 6.07) is 1.13. The van der Waals surface area contributed by atoms with E-state index in [4.69, 9.17) is 0 Å². The van der Waals surface area contributed by atoms with Crippen molar-refractivity contribution < 1.29 is 26.4 Å². The Labute approximate surface area is 165 Å². The fourth-order valence-corrected chi connectivity index (χ4v) is 5.20. The van der Waals surface area contributed by atoms with Crippen molar-refractivity contribution in [3.63, 3.8) is 0 Å². The molecule has 0 aromatic carbocycles. The van der Waals surface area contributed by atoms with Gasteiger partial charge < -0.3 is 4.90 Å². The van der Waals surface area contributed by atoms with E-state index in [-0.39, 0.29) is 25.9 Å². The Morgan fingerprint density at radius 2 is 2.03 bits per heavy atom. The lowest BCUT2D eigenvalue weighted by atomic mass is 9.92. The SMILES string of the molecule is Cn1cc(S(=O)(=O)[C@@](C)(F)C2CCN(C(=O)Nc3ccn[nH]3)CC2)c(C(F)F)n1. The maximum absolute atomic E-state index is 15.5. The van der Waals surface area contributed by atoms with E-state index in [1.807, 2.05) is 0 Å². The van der Waals surface area contributed by atoms with Gasteiger partial charge in [-0.1, -0.05) is 0 Å². The molecule has 13 heteroatoms. The van der Waals surface area contributed by atoms with E-state index >= 15 is 4.39 Å². The molecule has 2 aromatic rings. The molecule has 9 nitrogen and oxygen atoms in total. The van der Waals surface area contributed by atoms with Crippen LogP contribution in [0.15, 0.2) is 23.4 Å². The first kappa shape index (κ1) is 21.1. The number of hydrogen-bond donors (Lipinski definition) is 2. The van der Waals surface area contributed by atoms with Crippen molar-refractivity contribution in [2.45, 2.75) is 36.1 Å². The molecule has 0 aliphatic carbocycles. The van der Waals surface area contributed by atoms with Crippen LogP contribution in [0.5, 0.6) is 0 Å². The number of likely N-dealkylation sites (tertiary alicyclic amines) is 1. The predicted molar refractivity (Wildman–Crippen MR) is 96.8 cm³/mol. The fraction of sp³-hybridized carbons (Fsp3) is 0.562. The van der Waals surface area contributed by atoms with Crippen LogP contribution in [0, 0.1) is 5.92 Å². The number of amides is 2. The number of alkyl halides is 3. The molecule has 0 unspecified atom stereocenters. The monoisotopic (exact) mass is 434 g/mol. The number of H-pyrrole nitrogens is 1. The van der Waals surface area contributed by atoms with Gasteiger partial charge in [0.2, 0.25) is 14.8 Å². The zero-order valence-corrected chi connectivity index (χ0v) is 16.6. The van der Waals surface area contributed by atoms with Crippen LogP contribution >= 0.6 is 0 Å². The van der Waals surface area contributed by atoms with E-state index in [0.29, 0.717) is 5.82 Å². The highest BCUT2D eigenvalue weighted by Crippen LogP contribution is 2.41. The first-order valence-corrected chi connectivity index (χ1v) is 10.3. The number of hydrogen-bond acceptors (Lipinski definition) is 5. The summed E-state index contributed by atoms with van der Waals surface area (Å²) in [4.78, 5) is 12.8. The molecule has 160 valence electrons. The van der Waals surface area contributed by atoms with Gasteiger partial charge in [-0.15, -0.1) is 0 Å². The molecule has 1 aliphatic heterocycles. The summed E-state index contributed by atoms with van der Waals surface area (Å²) >= 11 is 0. The van der Waals surface area contributed by atoms with Gasteiger partial charge in [0.1, 0.15) is 16.4 Å². The lowest BCUT2D eigenvalue weighted by Gasteiger charge is -2.37.